The molecule has 1 aliphatic heterocycles. The minimum atomic E-state index is 0.650. The number of likely N-dealkylation sites (N-methyl/N-ethyl adjacent to an activating group) is 1. The molecule has 3 unspecified atom stereocenters. The largest absolute Gasteiger partial charge is 0.371 e. The molecule has 0 radical (unpaired) electrons. The van der Waals surface area contributed by atoms with Crippen LogP contribution in [0.5, 0.6) is 0 Å². The van der Waals surface area contributed by atoms with Crippen LogP contribution in [0.25, 0.3) is 0 Å². The van der Waals surface area contributed by atoms with Gasteiger partial charge < -0.3 is 14.7 Å². The van der Waals surface area contributed by atoms with E-state index in [1.54, 1.807) is 0 Å². The van der Waals surface area contributed by atoms with E-state index >= 15 is 0 Å². The van der Waals surface area contributed by atoms with Gasteiger partial charge in [-0.3, -0.25) is 4.98 Å². The zero-order valence-electron chi connectivity index (χ0n) is 13.8. The number of nitrogens with zero attached hydrogens (tertiary/aromatic N) is 4. The number of aromatic nitrogens is 1. The van der Waals surface area contributed by atoms with E-state index in [4.69, 9.17) is 0 Å². The summed E-state index contributed by atoms with van der Waals surface area (Å²) in [7, 11) is 4.35. The Morgan fingerprint density at radius 2 is 1.95 bits per heavy atom. The van der Waals surface area contributed by atoms with Crippen LogP contribution >= 0.6 is 0 Å². The smallest absolute Gasteiger partial charge is 0.0579 e. The fourth-order valence-electron chi connectivity index (χ4n) is 3.86. The topological polar surface area (TPSA) is 22.6 Å². The van der Waals surface area contributed by atoms with E-state index in [9.17, 15) is 0 Å². The zero-order chi connectivity index (χ0) is 15.0. The molecule has 116 valence electrons. The lowest BCUT2D eigenvalue weighted by atomic mass is 10.1. The van der Waals surface area contributed by atoms with Crippen molar-refractivity contribution in [1.82, 2.24) is 9.88 Å². The molecule has 3 rings (SSSR count). The van der Waals surface area contributed by atoms with Crippen LogP contribution < -0.4 is 9.80 Å². The minimum Gasteiger partial charge on any atom is -0.371 e. The first-order valence-electron chi connectivity index (χ1n) is 8.27. The lowest BCUT2D eigenvalue weighted by molar-refractivity contribution is 0.361. The number of pyridine rings is 1. The van der Waals surface area contributed by atoms with Gasteiger partial charge in [0.15, 0.2) is 0 Å². The summed E-state index contributed by atoms with van der Waals surface area (Å²) in [4.78, 5) is 11.8. The van der Waals surface area contributed by atoms with Crippen molar-refractivity contribution in [2.75, 3.05) is 43.5 Å². The summed E-state index contributed by atoms with van der Waals surface area (Å²) in [5, 5.41) is 0. The van der Waals surface area contributed by atoms with E-state index < -0.39 is 0 Å². The highest BCUT2D eigenvalue weighted by Gasteiger charge is 2.52. The maximum absolute atomic E-state index is 4.52. The highest BCUT2D eigenvalue weighted by Crippen LogP contribution is 2.50. The van der Waals surface area contributed by atoms with Crippen LogP contribution in [0, 0.1) is 5.92 Å². The molecule has 0 aromatic carbocycles. The maximum Gasteiger partial charge on any atom is 0.0579 e. The van der Waals surface area contributed by atoms with E-state index in [-0.39, 0.29) is 0 Å². The third-order valence-corrected chi connectivity index (χ3v) is 4.92. The third kappa shape index (κ3) is 2.86. The van der Waals surface area contributed by atoms with Crippen molar-refractivity contribution in [1.29, 1.82) is 0 Å². The van der Waals surface area contributed by atoms with Gasteiger partial charge in [-0.2, -0.15) is 0 Å². The average molecular weight is 288 g/mol. The predicted molar refractivity (Wildman–Crippen MR) is 89.1 cm³/mol. The molecule has 2 fully saturated rings. The number of anilines is 2. The monoisotopic (exact) mass is 288 g/mol. The van der Waals surface area contributed by atoms with Crippen molar-refractivity contribution in [3.8, 4) is 0 Å². The normalized spacial score (nSPS) is 27.1. The fourth-order valence-corrected chi connectivity index (χ4v) is 3.86. The van der Waals surface area contributed by atoms with Crippen molar-refractivity contribution in [3.05, 3.63) is 18.5 Å². The first kappa shape index (κ1) is 14.6. The molecule has 4 heteroatoms. The zero-order valence-corrected chi connectivity index (χ0v) is 13.8. The first-order valence-corrected chi connectivity index (χ1v) is 8.27. The first-order chi connectivity index (χ1) is 10.1. The van der Waals surface area contributed by atoms with Gasteiger partial charge in [0, 0.05) is 31.7 Å². The number of fused-ring (bicyclic) bond motifs is 1. The van der Waals surface area contributed by atoms with Crippen molar-refractivity contribution in [2.45, 2.75) is 38.8 Å². The van der Waals surface area contributed by atoms with Gasteiger partial charge in [0.05, 0.1) is 23.8 Å². The van der Waals surface area contributed by atoms with Crippen LogP contribution in [0.4, 0.5) is 11.4 Å². The number of hydrogen-bond donors (Lipinski definition) is 0. The molecule has 21 heavy (non-hydrogen) atoms. The number of rotatable bonds is 6. The van der Waals surface area contributed by atoms with E-state index in [0.29, 0.717) is 6.04 Å². The van der Waals surface area contributed by atoms with Crippen LogP contribution in [0.2, 0.25) is 0 Å². The van der Waals surface area contributed by atoms with Gasteiger partial charge in [0.1, 0.15) is 0 Å². The van der Waals surface area contributed by atoms with Crippen molar-refractivity contribution >= 4 is 11.4 Å². The van der Waals surface area contributed by atoms with Crippen LogP contribution in [-0.4, -0.2) is 55.7 Å². The quantitative estimate of drug-likeness (QED) is 0.802. The fraction of sp³-hybridized carbons (Fsp3) is 0.706. The van der Waals surface area contributed by atoms with E-state index in [1.165, 1.54) is 24.2 Å². The molecule has 4 nitrogen and oxygen atoms in total. The van der Waals surface area contributed by atoms with Gasteiger partial charge in [-0.15, -0.1) is 0 Å². The lowest BCUT2D eigenvalue weighted by Crippen LogP contribution is -2.40. The second-order valence-electron chi connectivity index (χ2n) is 6.70. The van der Waals surface area contributed by atoms with E-state index in [0.717, 1.165) is 31.6 Å². The molecule has 1 saturated heterocycles. The van der Waals surface area contributed by atoms with Crippen LogP contribution in [0.1, 0.15) is 26.7 Å². The molecule has 1 aliphatic carbocycles. The molecule has 2 heterocycles. The Labute approximate surface area is 128 Å². The summed E-state index contributed by atoms with van der Waals surface area (Å²) in [5.41, 5.74) is 2.57. The molecule has 0 amide bonds. The Bertz CT molecular complexity index is 483. The van der Waals surface area contributed by atoms with Crippen LogP contribution in [-0.2, 0) is 0 Å². The standard InChI is InChI=1S/C17H28N4/c1-5-20(6-2)14-9-15(11-18-10-14)21-16(12-19(3)4)7-13-8-17(13)21/h9-11,13,16-17H,5-8,12H2,1-4H3. The molecule has 1 saturated carbocycles. The molecule has 1 aromatic rings. The summed E-state index contributed by atoms with van der Waals surface area (Å²) < 4.78 is 0. The molecule has 3 atom stereocenters. The Hall–Kier alpha value is -1.29. The molecular formula is C17H28N4. The Kier molecular flexibility index (Phi) is 4.07. The second kappa shape index (κ2) is 5.84. The summed E-state index contributed by atoms with van der Waals surface area (Å²) in [5.74, 6) is 0.923. The van der Waals surface area contributed by atoms with Crippen LogP contribution in [0.15, 0.2) is 18.5 Å². The van der Waals surface area contributed by atoms with Gasteiger partial charge in [0.25, 0.3) is 0 Å². The highest BCUT2D eigenvalue weighted by atomic mass is 15.3. The highest BCUT2D eigenvalue weighted by molar-refractivity contribution is 5.60. The van der Waals surface area contributed by atoms with E-state index in [1.807, 2.05) is 6.20 Å². The summed E-state index contributed by atoms with van der Waals surface area (Å²) in [6.07, 6.45) is 6.77. The second-order valence-corrected chi connectivity index (χ2v) is 6.70. The predicted octanol–water partition coefficient (Wildman–Crippen LogP) is 2.46. The summed E-state index contributed by atoms with van der Waals surface area (Å²) in [6, 6.07) is 3.75. The van der Waals surface area contributed by atoms with E-state index in [2.05, 4.69) is 59.9 Å². The SMILES string of the molecule is CCN(CC)c1cncc(N2C(CN(C)C)CC3CC32)c1. The number of piperidine rings is 1. The molecule has 1 aromatic heterocycles. The van der Waals surface area contributed by atoms with Gasteiger partial charge in [0.2, 0.25) is 0 Å². The average Bonchev–Trinajstić information content (AvgIpc) is 3.11. The van der Waals surface area contributed by atoms with Gasteiger partial charge in [-0.05, 0) is 52.8 Å². The summed E-state index contributed by atoms with van der Waals surface area (Å²) >= 11 is 0. The van der Waals surface area contributed by atoms with Gasteiger partial charge in [-0.25, -0.2) is 0 Å². The molecule has 0 N–H and O–H groups in total. The molecule has 0 bridgehead atoms. The van der Waals surface area contributed by atoms with Gasteiger partial charge in [-0.1, -0.05) is 0 Å². The Balaban J connectivity index is 1.83. The van der Waals surface area contributed by atoms with Crippen molar-refractivity contribution in [3.63, 3.8) is 0 Å². The molecular weight excluding hydrogens is 260 g/mol. The minimum absolute atomic E-state index is 0.650. The molecule has 0 spiro atoms. The molecule has 2 aliphatic rings. The lowest BCUT2D eigenvalue weighted by Gasteiger charge is -2.32. The number of hydrogen-bond acceptors (Lipinski definition) is 4. The van der Waals surface area contributed by atoms with Crippen molar-refractivity contribution in [2.24, 2.45) is 5.92 Å². The van der Waals surface area contributed by atoms with Crippen LogP contribution in [0.3, 0.4) is 0 Å². The van der Waals surface area contributed by atoms with Gasteiger partial charge >= 0.3 is 0 Å². The Morgan fingerprint density at radius 3 is 2.62 bits per heavy atom. The third-order valence-electron chi connectivity index (χ3n) is 4.92. The summed E-state index contributed by atoms with van der Waals surface area (Å²) in [6.45, 7) is 7.63. The van der Waals surface area contributed by atoms with Crippen molar-refractivity contribution < 1.29 is 0 Å². The Morgan fingerprint density at radius 1 is 1.19 bits per heavy atom. The maximum atomic E-state index is 4.52.